The summed E-state index contributed by atoms with van der Waals surface area (Å²) in [5.41, 5.74) is 0.849. The van der Waals surface area contributed by atoms with Crippen LogP contribution >= 0.6 is 24.0 Å². The number of hydrogen-bond acceptors (Lipinski definition) is 5. The van der Waals surface area contributed by atoms with Crippen LogP contribution in [0.15, 0.2) is 28.8 Å². The largest absolute Gasteiger partial charge is 0.355 e. The van der Waals surface area contributed by atoms with Gasteiger partial charge in [-0.3, -0.25) is 4.79 Å². The molecule has 0 bridgehead atoms. The molecular weight excluding hydrogens is 363 g/mol. The molecule has 1 saturated heterocycles. The van der Waals surface area contributed by atoms with Gasteiger partial charge in [-0.1, -0.05) is 16.8 Å². The van der Waals surface area contributed by atoms with Gasteiger partial charge in [-0.25, -0.2) is 0 Å². The molecule has 1 amide bonds. The first-order chi connectivity index (χ1) is 11.6. The van der Waals surface area contributed by atoms with Crippen molar-refractivity contribution in [2.45, 2.75) is 32.2 Å². The van der Waals surface area contributed by atoms with Gasteiger partial charge in [0.05, 0.1) is 0 Å². The summed E-state index contributed by atoms with van der Waals surface area (Å²) in [7, 11) is 0. The highest BCUT2D eigenvalue weighted by atomic mass is 35.5. The van der Waals surface area contributed by atoms with E-state index in [2.05, 4.69) is 27.7 Å². The third-order valence-electron chi connectivity index (χ3n) is 4.20. The fourth-order valence-corrected chi connectivity index (χ4v) is 3.01. The number of amides is 1. The van der Waals surface area contributed by atoms with Crippen molar-refractivity contribution in [2.24, 2.45) is 5.92 Å². The Morgan fingerprint density at radius 2 is 2.16 bits per heavy atom. The Morgan fingerprint density at radius 3 is 2.88 bits per heavy atom. The summed E-state index contributed by atoms with van der Waals surface area (Å²) in [4.78, 5) is 16.5. The molecule has 1 fully saturated rings. The fraction of sp³-hybridized carbons (Fsp3) is 0.471. The molecule has 1 aliphatic heterocycles. The Morgan fingerprint density at radius 1 is 1.40 bits per heavy atom. The second-order valence-corrected chi connectivity index (χ2v) is 6.57. The van der Waals surface area contributed by atoms with E-state index in [4.69, 9.17) is 16.1 Å². The minimum Gasteiger partial charge on any atom is -0.355 e. The number of carbonyl (C=O) groups is 1. The molecule has 8 heteroatoms. The molecule has 2 heterocycles. The zero-order valence-electron chi connectivity index (χ0n) is 14.0. The number of nitrogens with one attached hydrogen (secondary N) is 2. The molecule has 0 saturated carbocycles. The van der Waals surface area contributed by atoms with Crippen LogP contribution in [-0.4, -0.2) is 35.2 Å². The summed E-state index contributed by atoms with van der Waals surface area (Å²) < 4.78 is 5.24. The van der Waals surface area contributed by atoms with Crippen LogP contribution in [0.4, 0.5) is 0 Å². The van der Waals surface area contributed by atoms with Gasteiger partial charge in [0.2, 0.25) is 17.6 Å². The van der Waals surface area contributed by atoms with Gasteiger partial charge >= 0.3 is 0 Å². The van der Waals surface area contributed by atoms with E-state index in [1.54, 1.807) is 12.1 Å². The average molecular weight is 385 g/mol. The quantitative estimate of drug-likeness (QED) is 0.828. The van der Waals surface area contributed by atoms with Gasteiger partial charge in [0.15, 0.2) is 0 Å². The van der Waals surface area contributed by atoms with Gasteiger partial charge in [-0.2, -0.15) is 4.98 Å². The zero-order valence-corrected chi connectivity index (χ0v) is 15.6. The van der Waals surface area contributed by atoms with Crippen molar-refractivity contribution >= 4 is 29.9 Å². The van der Waals surface area contributed by atoms with Crippen LogP contribution in [0, 0.1) is 5.92 Å². The monoisotopic (exact) mass is 384 g/mol. The summed E-state index contributed by atoms with van der Waals surface area (Å²) in [5.74, 6) is 1.24. The second kappa shape index (κ2) is 9.17. The Labute approximate surface area is 158 Å². The van der Waals surface area contributed by atoms with Gasteiger partial charge in [-0.05, 0) is 50.6 Å². The molecule has 1 aromatic carbocycles. The Bertz CT molecular complexity index is 690. The highest BCUT2D eigenvalue weighted by Gasteiger charge is 2.24. The molecule has 1 aliphatic rings. The smallest absolute Gasteiger partial charge is 0.228 e. The van der Waals surface area contributed by atoms with E-state index >= 15 is 0 Å². The van der Waals surface area contributed by atoms with E-state index in [1.165, 1.54) is 0 Å². The van der Waals surface area contributed by atoms with E-state index in [0.29, 0.717) is 35.7 Å². The molecular formula is C17H22Cl2N4O2. The maximum atomic E-state index is 12.2. The van der Waals surface area contributed by atoms with Gasteiger partial charge in [0, 0.05) is 35.5 Å². The molecule has 6 nitrogen and oxygen atoms in total. The van der Waals surface area contributed by atoms with Crippen molar-refractivity contribution in [3.63, 3.8) is 0 Å². The lowest BCUT2D eigenvalue weighted by Crippen LogP contribution is -2.42. The molecule has 2 aromatic rings. The Hall–Kier alpha value is -1.63. The number of hydrogen-bond donors (Lipinski definition) is 2. The second-order valence-electron chi connectivity index (χ2n) is 6.14. The number of piperidine rings is 1. The maximum absolute atomic E-state index is 12.2. The van der Waals surface area contributed by atoms with Crippen LogP contribution < -0.4 is 10.6 Å². The van der Waals surface area contributed by atoms with Crippen molar-refractivity contribution in [1.82, 2.24) is 20.8 Å². The zero-order chi connectivity index (χ0) is 16.9. The van der Waals surface area contributed by atoms with Crippen molar-refractivity contribution in [2.75, 3.05) is 13.1 Å². The highest BCUT2D eigenvalue weighted by molar-refractivity contribution is 6.30. The molecule has 2 atom stereocenters. The number of benzene rings is 1. The van der Waals surface area contributed by atoms with E-state index in [-0.39, 0.29) is 24.2 Å². The van der Waals surface area contributed by atoms with Crippen molar-refractivity contribution in [3.05, 3.63) is 35.2 Å². The van der Waals surface area contributed by atoms with Gasteiger partial charge in [-0.15, -0.1) is 12.4 Å². The van der Waals surface area contributed by atoms with Crippen molar-refractivity contribution < 1.29 is 9.32 Å². The summed E-state index contributed by atoms with van der Waals surface area (Å²) in [6.45, 7) is 3.50. The van der Waals surface area contributed by atoms with Gasteiger partial charge in [0.1, 0.15) is 0 Å². The standard InChI is InChI=1S/C17H21ClN4O2.ClH/c1-11-10-13(6-8-19-11)17(23)20-9-7-15-21-16(22-24-15)12-2-4-14(18)5-3-12;/h2-5,11,13,19H,6-10H2,1H3,(H,20,23);1H/t11-,13-;/m0./s1. The first-order valence-corrected chi connectivity index (χ1v) is 8.59. The average Bonchev–Trinajstić information content (AvgIpc) is 3.04. The van der Waals surface area contributed by atoms with Crippen molar-refractivity contribution in [1.29, 1.82) is 0 Å². The minimum absolute atomic E-state index is 0. The number of rotatable bonds is 5. The predicted molar refractivity (Wildman–Crippen MR) is 98.9 cm³/mol. The maximum Gasteiger partial charge on any atom is 0.228 e. The number of carbonyl (C=O) groups excluding carboxylic acids is 1. The summed E-state index contributed by atoms with van der Waals surface area (Å²) >= 11 is 5.87. The Kier molecular flexibility index (Phi) is 7.23. The SMILES string of the molecule is C[C@H]1C[C@@H](C(=O)NCCc2nc(-c3ccc(Cl)cc3)no2)CCN1.Cl. The predicted octanol–water partition coefficient (Wildman–Crippen LogP) is 2.86. The lowest BCUT2D eigenvalue weighted by Gasteiger charge is -2.27. The summed E-state index contributed by atoms with van der Waals surface area (Å²) in [6, 6.07) is 7.65. The molecule has 1 aromatic heterocycles. The van der Waals surface area contributed by atoms with Crippen LogP contribution in [0.5, 0.6) is 0 Å². The molecule has 0 aliphatic carbocycles. The fourth-order valence-electron chi connectivity index (χ4n) is 2.88. The summed E-state index contributed by atoms with van der Waals surface area (Å²) in [6.07, 6.45) is 2.29. The molecule has 0 radical (unpaired) electrons. The number of halogens is 2. The normalized spacial score (nSPS) is 19.9. The first-order valence-electron chi connectivity index (χ1n) is 8.21. The van der Waals surface area contributed by atoms with Crippen LogP contribution in [0.2, 0.25) is 5.02 Å². The topological polar surface area (TPSA) is 80.1 Å². The van der Waals surface area contributed by atoms with Gasteiger partial charge < -0.3 is 15.2 Å². The van der Waals surface area contributed by atoms with E-state index < -0.39 is 0 Å². The van der Waals surface area contributed by atoms with Gasteiger partial charge in [0.25, 0.3) is 0 Å². The lowest BCUT2D eigenvalue weighted by atomic mass is 9.92. The lowest BCUT2D eigenvalue weighted by molar-refractivity contribution is -0.126. The molecule has 25 heavy (non-hydrogen) atoms. The van der Waals surface area contributed by atoms with Crippen LogP contribution in [0.1, 0.15) is 25.7 Å². The van der Waals surface area contributed by atoms with E-state index in [0.717, 1.165) is 24.9 Å². The Balaban J connectivity index is 0.00000225. The number of nitrogens with zero attached hydrogens (tertiary/aromatic N) is 2. The first kappa shape index (κ1) is 19.7. The number of aromatic nitrogens is 2. The van der Waals surface area contributed by atoms with Crippen LogP contribution in [0.3, 0.4) is 0 Å². The third kappa shape index (κ3) is 5.42. The summed E-state index contributed by atoms with van der Waals surface area (Å²) in [5, 5.41) is 10.9. The van der Waals surface area contributed by atoms with Crippen LogP contribution in [-0.2, 0) is 11.2 Å². The molecule has 2 N–H and O–H groups in total. The van der Waals surface area contributed by atoms with Crippen LogP contribution in [0.25, 0.3) is 11.4 Å². The molecule has 0 spiro atoms. The molecule has 0 unspecified atom stereocenters. The van der Waals surface area contributed by atoms with E-state index in [1.807, 2.05) is 12.1 Å². The highest BCUT2D eigenvalue weighted by Crippen LogP contribution is 2.19. The third-order valence-corrected chi connectivity index (χ3v) is 4.46. The minimum atomic E-state index is 0. The van der Waals surface area contributed by atoms with Crippen molar-refractivity contribution in [3.8, 4) is 11.4 Å². The molecule has 136 valence electrons. The molecule has 3 rings (SSSR count). The van der Waals surface area contributed by atoms with E-state index in [9.17, 15) is 4.79 Å².